The van der Waals surface area contributed by atoms with E-state index >= 15 is 0 Å². The van der Waals surface area contributed by atoms with Crippen molar-refractivity contribution in [3.05, 3.63) is 53.2 Å². The van der Waals surface area contributed by atoms with Crippen LogP contribution in [-0.2, 0) is 17.5 Å². The van der Waals surface area contributed by atoms with E-state index < -0.39 is 53.9 Å². The van der Waals surface area contributed by atoms with Gasteiger partial charge in [-0.1, -0.05) is 17.7 Å². The molecule has 0 saturated carbocycles. The van der Waals surface area contributed by atoms with Crippen LogP contribution in [0.15, 0.2) is 36.7 Å². The predicted octanol–water partition coefficient (Wildman–Crippen LogP) is 5.76. The van der Waals surface area contributed by atoms with Crippen molar-refractivity contribution in [3.63, 3.8) is 0 Å². The highest BCUT2D eigenvalue weighted by molar-refractivity contribution is 6.33. The fourth-order valence-electron chi connectivity index (χ4n) is 3.20. The van der Waals surface area contributed by atoms with E-state index in [1.807, 2.05) is 0 Å². The predicted molar refractivity (Wildman–Crippen MR) is 106 cm³/mol. The Morgan fingerprint density at radius 2 is 1.91 bits per heavy atom. The smallest absolute Gasteiger partial charge is 0.433 e. The van der Waals surface area contributed by atoms with E-state index in [2.05, 4.69) is 5.10 Å². The number of carbonyl (C=O) groups excluding carboxylic acids is 1. The average Bonchev–Trinajstić information content (AvgIpc) is 3.31. The summed E-state index contributed by atoms with van der Waals surface area (Å²) in [5.41, 5.74) is -3.27. The number of rotatable bonds is 5. The molecule has 0 fully saturated rings. The Morgan fingerprint density at radius 1 is 1.24 bits per heavy atom. The summed E-state index contributed by atoms with van der Waals surface area (Å²) in [4.78, 5) is 12.4. The van der Waals surface area contributed by atoms with E-state index in [-0.39, 0.29) is 27.4 Å². The van der Waals surface area contributed by atoms with Crippen molar-refractivity contribution in [2.75, 3.05) is 6.61 Å². The Kier molecular flexibility index (Phi) is 6.99. The number of ether oxygens (including phenoxy) is 1. The van der Waals surface area contributed by atoms with Crippen LogP contribution in [0.4, 0.5) is 35.5 Å². The molecule has 0 saturated heterocycles. The van der Waals surface area contributed by atoms with Crippen molar-refractivity contribution in [2.24, 2.45) is 0 Å². The van der Waals surface area contributed by atoms with Gasteiger partial charge in [-0.3, -0.25) is 9.25 Å². The molecular formula is C20H15ClF7N3O3. The first-order valence-electron chi connectivity index (χ1n) is 9.47. The molecule has 34 heavy (non-hydrogen) atoms. The van der Waals surface area contributed by atoms with Crippen molar-refractivity contribution in [1.82, 2.24) is 14.3 Å². The maximum atomic E-state index is 14.4. The van der Waals surface area contributed by atoms with Crippen LogP contribution in [0, 0.1) is 5.82 Å². The number of hydrogen-bond acceptors (Lipinski definition) is 4. The zero-order valence-corrected chi connectivity index (χ0v) is 17.8. The summed E-state index contributed by atoms with van der Waals surface area (Å²) in [6.07, 6.45) is -13.1. The summed E-state index contributed by atoms with van der Waals surface area (Å²) in [6, 6.07) is 4.65. The van der Waals surface area contributed by atoms with Gasteiger partial charge in [-0.25, -0.2) is 9.18 Å². The van der Waals surface area contributed by atoms with Gasteiger partial charge in [-0.05, 0) is 25.1 Å². The highest BCUT2D eigenvalue weighted by Gasteiger charge is 2.43. The first-order valence-corrected chi connectivity index (χ1v) is 9.85. The summed E-state index contributed by atoms with van der Waals surface area (Å²) in [6.45, 7) is -0.271. The monoisotopic (exact) mass is 513 g/mol. The first kappa shape index (κ1) is 25.6. The van der Waals surface area contributed by atoms with Crippen molar-refractivity contribution in [3.8, 4) is 22.4 Å². The Balaban J connectivity index is 2.24. The second-order valence-corrected chi connectivity index (χ2v) is 7.33. The Bertz CT molecular complexity index is 1180. The van der Waals surface area contributed by atoms with Crippen molar-refractivity contribution in [1.29, 1.82) is 0 Å². The highest BCUT2D eigenvalue weighted by atomic mass is 35.5. The molecule has 0 aliphatic rings. The second kappa shape index (κ2) is 9.29. The molecule has 0 amide bonds. The number of aliphatic hydroxyl groups is 1. The molecular weight excluding hydrogens is 499 g/mol. The van der Waals surface area contributed by atoms with Gasteiger partial charge in [0.15, 0.2) is 11.8 Å². The molecule has 6 nitrogen and oxygen atoms in total. The van der Waals surface area contributed by atoms with Crippen molar-refractivity contribution >= 4 is 17.7 Å². The molecule has 1 aromatic carbocycles. The van der Waals surface area contributed by atoms with Crippen molar-refractivity contribution < 1.29 is 45.4 Å². The molecule has 0 aliphatic carbocycles. The minimum atomic E-state index is -5.24. The number of hydrogen-bond donors (Lipinski definition) is 1. The molecule has 0 radical (unpaired) electrons. The number of aromatic nitrogens is 3. The molecule has 0 aliphatic heterocycles. The van der Waals surface area contributed by atoms with Gasteiger partial charge < -0.3 is 9.84 Å². The lowest BCUT2D eigenvalue weighted by Gasteiger charge is -2.18. The van der Waals surface area contributed by atoms with E-state index in [1.165, 1.54) is 19.1 Å². The largest absolute Gasteiger partial charge is 0.449 e. The normalized spacial score (nSPS) is 13.2. The van der Waals surface area contributed by atoms with Gasteiger partial charge in [-0.15, -0.1) is 0 Å². The van der Waals surface area contributed by atoms with Crippen LogP contribution in [0.25, 0.3) is 22.4 Å². The molecule has 1 atom stereocenters. The summed E-state index contributed by atoms with van der Waals surface area (Å²) < 4.78 is 99.7. The lowest BCUT2D eigenvalue weighted by Crippen LogP contribution is -2.34. The quantitative estimate of drug-likeness (QED) is 0.441. The fraction of sp³-hybridized carbons (Fsp3) is 0.300. The molecule has 3 aromatic rings. The minimum Gasteiger partial charge on any atom is -0.449 e. The lowest BCUT2D eigenvalue weighted by atomic mass is 10.1. The molecule has 2 aromatic heterocycles. The summed E-state index contributed by atoms with van der Waals surface area (Å²) in [5.74, 6) is -0.833. The van der Waals surface area contributed by atoms with Gasteiger partial charge in [0.25, 0.3) is 0 Å². The minimum absolute atomic E-state index is 0.0638. The third-order valence-electron chi connectivity index (χ3n) is 4.64. The zero-order chi connectivity index (χ0) is 25.4. The number of benzene rings is 1. The maximum absolute atomic E-state index is 14.4. The molecule has 0 bridgehead atoms. The van der Waals surface area contributed by atoms with E-state index in [9.17, 15) is 40.6 Å². The average molecular weight is 514 g/mol. The molecule has 3 rings (SSSR count). The van der Waals surface area contributed by atoms with E-state index in [1.54, 1.807) is 0 Å². The molecule has 184 valence electrons. The van der Waals surface area contributed by atoms with Gasteiger partial charge in [0.2, 0.25) is 0 Å². The standard InChI is InChI=1S/C20H15ClF7N3O3/c1-2-34-18(33)30-8-10(16-12(21)4-3-5-13(16)22)6-14(30)11-7-29-31(17(11)20(26,27)28)9-15(32)19(23,24)25/h3-8,15,32H,2,9H2,1H3. The van der Waals surface area contributed by atoms with Crippen LogP contribution in [0.2, 0.25) is 5.02 Å². The van der Waals surface area contributed by atoms with Crippen LogP contribution in [-0.4, -0.2) is 44.4 Å². The molecule has 14 heteroatoms. The van der Waals surface area contributed by atoms with Crippen LogP contribution < -0.4 is 0 Å². The van der Waals surface area contributed by atoms with E-state index in [0.717, 1.165) is 18.3 Å². The number of nitrogens with zero attached hydrogens (tertiary/aromatic N) is 3. The summed E-state index contributed by atoms with van der Waals surface area (Å²) in [7, 11) is 0. The number of alkyl halides is 6. The third kappa shape index (κ3) is 5.04. The molecule has 0 spiro atoms. The molecule has 1 unspecified atom stereocenters. The number of carbonyl (C=O) groups is 1. The second-order valence-electron chi connectivity index (χ2n) is 6.92. The fourth-order valence-corrected chi connectivity index (χ4v) is 3.47. The Morgan fingerprint density at radius 3 is 2.47 bits per heavy atom. The van der Waals surface area contributed by atoms with Crippen molar-refractivity contribution in [2.45, 2.75) is 31.9 Å². The van der Waals surface area contributed by atoms with Gasteiger partial charge >= 0.3 is 18.4 Å². The lowest BCUT2D eigenvalue weighted by molar-refractivity contribution is -0.209. The first-order chi connectivity index (χ1) is 15.8. The van der Waals surface area contributed by atoms with Gasteiger partial charge in [-0.2, -0.15) is 31.4 Å². The third-order valence-corrected chi connectivity index (χ3v) is 4.96. The Hall–Kier alpha value is -3.06. The number of halogens is 8. The molecule has 1 N–H and O–H groups in total. The highest BCUT2D eigenvalue weighted by Crippen LogP contribution is 2.41. The van der Waals surface area contributed by atoms with Gasteiger partial charge in [0.1, 0.15) is 5.82 Å². The van der Waals surface area contributed by atoms with Crippen LogP contribution in [0.5, 0.6) is 0 Å². The topological polar surface area (TPSA) is 69.3 Å². The maximum Gasteiger partial charge on any atom is 0.433 e. The van der Waals surface area contributed by atoms with Crippen LogP contribution in [0.1, 0.15) is 12.6 Å². The summed E-state index contributed by atoms with van der Waals surface area (Å²) in [5, 5.41) is 12.5. The summed E-state index contributed by atoms with van der Waals surface area (Å²) >= 11 is 6.02. The van der Waals surface area contributed by atoms with E-state index in [4.69, 9.17) is 16.3 Å². The van der Waals surface area contributed by atoms with Gasteiger partial charge in [0, 0.05) is 22.9 Å². The van der Waals surface area contributed by atoms with Crippen LogP contribution >= 0.6 is 11.6 Å². The number of aliphatic hydroxyl groups excluding tert-OH is 1. The Labute approximate surface area is 192 Å². The SMILES string of the molecule is CCOC(=O)n1cc(-c2c(F)cccc2Cl)cc1-c1cnn(CC(O)C(F)(F)F)c1C(F)(F)F. The van der Waals surface area contributed by atoms with Gasteiger partial charge in [0.05, 0.1) is 30.1 Å². The zero-order valence-electron chi connectivity index (χ0n) is 17.1. The van der Waals surface area contributed by atoms with Crippen LogP contribution in [0.3, 0.4) is 0 Å². The molecule has 2 heterocycles. The van der Waals surface area contributed by atoms with E-state index in [0.29, 0.717) is 10.8 Å².